The van der Waals surface area contributed by atoms with Crippen LogP contribution in [-0.2, 0) is 47.8 Å². The molecule has 6 atom stereocenters. The number of rotatable bonds is 28. The van der Waals surface area contributed by atoms with E-state index in [1.807, 2.05) is 125 Å². The van der Waals surface area contributed by atoms with Gasteiger partial charge in [0, 0.05) is 32.7 Å². The normalized spacial score (nSPS) is 15.6. The molecule has 79 heavy (non-hydrogen) atoms. The van der Waals surface area contributed by atoms with Crippen LogP contribution in [0.15, 0.2) is 75.9 Å². The van der Waals surface area contributed by atoms with Crippen LogP contribution in [0.1, 0.15) is 163 Å². The average molecular weight is 1110 g/mol. The summed E-state index contributed by atoms with van der Waals surface area (Å²) in [5.41, 5.74) is 0. The van der Waals surface area contributed by atoms with Crippen LogP contribution < -0.4 is 10.6 Å². The van der Waals surface area contributed by atoms with Gasteiger partial charge in [-0.2, -0.15) is 0 Å². The highest BCUT2D eigenvalue weighted by atomic mass is 16.5. The number of carbonyl (C=O) groups excluding carboxylic acids is 7. The second-order valence-corrected chi connectivity index (χ2v) is 23.0. The standard InChI is InChI=1S/C13H24N2O2.2C11H18O2.C10H17NO.C10H19NO.C10H18O2/c1-6-11(10(4)5)13(17)14-9-12(16)15(7-2)8-3;1-4-10(8(2)3)11(12)13-7-9-5-6-9;1-4-10(8(2)3)11(12)13-9-6-5-7-9;1-4-9(7(2)3)10(12)11-8-5-6-8;1-6-9(8(3)4)10(12)11(5)7-2;1-6-9(7(2)3)10(11)12-8(4)5/h6,10-11H,1,7-9H2,2-5H3,(H,14,17);2*4,8-10H,1,5-7H2,2-3H3;4,7-9H,1,5-6H2,2-3H3,(H,11,12);6,8-9H,1,7H2,2-5H3;6-9H,1H2,2-5H3. The maximum atomic E-state index is 11.8. The lowest BCUT2D eigenvalue weighted by Gasteiger charge is -2.27. The van der Waals surface area contributed by atoms with Crippen molar-refractivity contribution in [2.24, 2.45) is 76.9 Å². The number of nitrogens with zero attached hydrogens (tertiary/aromatic N) is 2. The maximum absolute atomic E-state index is 11.8. The lowest BCUT2D eigenvalue weighted by atomic mass is 9.94. The first-order valence-electron chi connectivity index (χ1n) is 29.4. The highest BCUT2D eigenvalue weighted by molar-refractivity contribution is 5.87. The van der Waals surface area contributed by atoms with E-state index >= 15 is 0 Å². The van der Waals surface area contributed by atoms with Crippen LogP contribution in [0.3, 0.4) is 0 Å². The van der Waals surface area contributed by atoms with Gasteiger partial charge in [0.05, 0.1) is 54.8 Å². The van der Waals surface area contributed by atoms with E-state index in [9.17, 15) is 33.6 Å². The number of hydrogen-bond donors (Lipinski definition) is 2. The summed E-state index contributed by atoms with van der Waals surface area (Å²) in [7, 11) is 1.82. The number of likely N-dealkylation sites (N-methyl/N-ethyl adjacent to an activating group) is 1. The van der Waals surface area contributed by atoms with Crippen LogP contribution in [-0.4, -0.2) is 109 Å². The molecule has 0 heterocycles. The molecule has 0 saturated heterocycles. The van der Waals surface area contributed by atoms with E-state index in [2.05, 4.69) is 50.1 Å². The molecule has 6 unspecified atom stereocenters. The molecule has 3 fully saturated rings. The Morgan fingerprint density at radius 2 is 0.899 bits per heavy atom. The molecule has 4 amide bonds. The average Bonchev–Trinajstić information content (AvgIpc) is 4.31. The number of esters is 3. The largest absolute Gasteiger partial charge is 0.465 e. The minimum absolute atomic E-state index is 0.0226. The third-order valence-corrected chi connectivity index (χ3v) is 13.7. The lowest BCUT2D eigenvalue weighted by molar-refractivity contribution is -0.157. The molecule has 3 aliphatic rings. The molecule has 3 aliphatic carbocycles. The van der Waals surface area contributed by atoms with Crippen LogP contribution in [0.4, 0.5) is 0 Å². The molecule has 3 saturated carbocycles. The second kappa shape index (κ2) is 43.5. The molecule has 3 rings (SSSR count). The zero-order chi connectivity index (χ0) is 61.7. The SMILES string of the molecule is C=CC(C(=O)N(C)CC)C(C)C.C=CC(C(=O)NC1CC1)C(C)C.C=CC(C(=O)NCC(=O)N(CC)CC)C(C)C.C=CC(C(=O)OC(C)C)C(C)C.C=CC(C(=O)OC1CCC1)C(C)C.C=CC(C(=O)OCC1CC1)C(C)C. The van der Waals surface area contributed by atoms with Gasteiger partial charge in [-0.3, -0.25) is 33.6 Å². The topological polar surface area (TPSA) is 178 Å². The Labute approximate surface area is 481 Å². The first-order valence-corrected chi connectivity index (χ1v) is 29.4. The fraction of sp³-hybridized carbons (Fsp3) is 0.708. The van der Waals surface area contributed by atoms with Gasteiger partial charge in [0.2, 0.25) is 23.6 Å². The van der Waals surface area contributed by atoms with E-state index in [0.717, 1.165) is 32.2 Å². The van der Waals surface area contributed by atoms with E-state index in [1.54, 1.807) is 46.3 Å². The summed E-state index contributed by atoms with van der Waals surface area (Å²) in [5.74, 6) is 1.34. The third-order valence-electron chi connectivity index (χ3n) is 13.7. The van der Waals surface area contributed by atoms with Gasteiger partial charge < -0.3 is 34.6 Å². The summed E-state index contributed by atoms with van der Waals surface area (Å²) >= 11 is 0. The quantitative estimate of drug-likeness (QED) is 0.0435. The highest BCUT2D eigenvalue weighted by Gasteiger charge is 2.30. The Hall–Kier alpha value is -5.27. The number of amides is 4. The van der Waals surface area contributed by atoms with Crippen LogP contribution in [0.2, 0.25) is 0 Å². The van der Waals surface area contributed by atoms with Crippen molar-refractivity contribution in [3.05, 3.63) is 75.9 Å². The van der Waals surface area contributed by atoms with Crippen molar-refractivity contribution in [1.29, 1.82) is 0 Å². The van der Waals surface area contributed by atoms with Crippen LogP contribution >= 0.6 is 0 Å². The van der Waals surface area contributed by atoms with Gasteiger partial charge >= 0.3 is 17.9 Å². The molecule has 2 N–H and O–H groups in total. The molecule has 0 spiro atoms. The summed E-state index contributed by atoms with van der Waals surface area (Å²) in [6.07, 6.45) is 18.2. The van der Waals surface area contributed by atoms with Gasteiger partial charge in [-0.05, 0) is 121 Å². The summed E-state index contributed by atoms with van der Waals surface area (Å²) in [6, 6.07) is 0.457. The Morgan fingerprint density at radius 1 is 0.506 bits per heavy atom. The highest BCUT2D eigenvalue weighted by Crippen LogP contribution is 2.30. The first-order chi connectivity index (χ1) is 36.9. The van der Waals surface area contributed by atoms with E-state index < -0.39 is 0 Å². The summed E-state index contributed by atoms with van der Waals surface area (Å²) in [5, 5.41) is 5.64. The van der Waals surface area contributed by atoms with Gasteiger partial charge in [-0.1, -0.05) is 120 Å². The molecule has 14 heteroatoms. The van der Waals surface area contributed by atoms with Gasteiger partial charge in [0.1, 0.15) is 6.10 Å². The molecule has 0 aliphatic heterocycles. The van der Waals surface area contributed by atoms with Crippen molar-refractivity contribution in [2.45, 2.75) is 181 Å². The van der Waals surface area contributed by atoms with Crippen molar-refractivity contribution >= 4 is 41.5 Å². The zero-order valence-corrected chi connectivity index (χ0v) is 52.9. The first kappa shape index (κ1) is 78.0. The Morgan fingerprint density at radius 3 is 1.22 bits per heavy atom. The predicted octanol–water partition coefficient (Wildman–Crippen LogP) is 12.4. The Bertz CT molecular complexity index is 1810. The van der Waals surface area contributed by atoms with Gasteiger partial charge in [-0.25, -0.2) is 0 Å². The van der Waals surface area contributed by atoms with Gasteiger partial charge in [-0.15, -0.1) is 39.5 Å². The van der Waals surface area contributed by atoms with E-state index in [0.29, 0.717) is 43.5 Å². The van der Waals surface area contributed by atoms with Crippen molar-refractivity contribution in [1.82, 2.24) is 20.4 Å². The molecule has 0 aromatic carbocycles. The molecule has 14 nitrogen and oxygen atoms in total. The van der Waals surface area contributed by atoms with Gasteiger partial charge in [0.25, 0.3) is 0 Å². The lowest BCUT2D eigenvalue weighted by Crippen LogP contribution is -2.42. The minimum Gasteiger partial charge on any atom is -0.465 e. The number of nitrogens with one attached hydrogen (secondary N) is 2. The monoisotopic (exact) mass is 1110 g/mol. The number of ether oxygens (including phenoxy) is 3. The Kier molecular flexibility index (Phi) is 42.9. The maximum Gasteiger partial charge on any atom is 0.313 e. The Balaban J connectivity index is -0.000000881. The molecular formula is C65H114N4O10. The van der Waals surface area contributed by atoms with Crippen molar-refractivity contribution < 1.29 is 47.8 Å². The number of hydrogen-bond acceptors (Lipinski definition) is 10. The molecule has 0 radical (unpaired) electrons. The van der Waals surface area contributed by atoms with Crippen LogP contribution in [0.25, 0.3) is 0 Å². The summed E-state index contributed by atoms with van der Waals surface area (Å²) in [4.78, 5) is 84.3. The second-order valence-electron chi connectivity index (χ2n) is 23.0. The van der Waals surface area contributed by atoms with Crippen LogP contribution in [0, 0.1) is 76.9 Å². The molecule has 0 aromatic rings. The fourth-order valence-electron chi connectivity index (χ4n) is 7.47. The van der Waals surface area contributed by atoms with Crippen molar-refractivity contribution in [2.75, 3.05) is 39.8 Å². The molecule has 0 aromatic heterocycles. The molecular weight excluding hydrogens is 997 g/mol. The number of carbonyl (C=O) groups is 7. The zero-order valence-electron chi connectivity index (χ0n) is 52.9. The smallest absolute Gasteiger partial charge is 0.313 e. The predicted molar refractivity (Wildman–Crippen MR) is 325 cm³/mol. The van der Waals surface area contributed by atoms with E-state index in [4.69, 9.17) is 14.2 Å². The van der Waals surface area contributed by atoms with Gasteiger partial charge in [0.15, 0.2) is 0 Å². The summed E-state index contributed by atoms with van der Waals surface area (Å²) in [6.45, 7) is 58.2. The molecule has 0 bridgehead atoms. The summed E-state index contributed by atoms with van der Waals surface area (Å²) < 4.78 is 15.5. The van der Waals surface area contributed by atoms with Crippen molar-refractivity contribution in [3.8, 4) is 0 Å². The fourth-order valence-corrected chi connectivity index (χ4v) is 7.47. The van der Waals surface area contributed by atoms with Crippen LogP contribution in [0.5, 0.6) is 0 Å². The molecule has 454 valence electrons. The van der Waals surface area contributed by atoms with E-state index in [-0.39, 0.29) is 119 Å². The van der Waals surface area contributed by atoms with Crippen molar-refractivity contribution in [3.63, 3.8) is 0 Å². The minimum atomic E-state index is -0.237. The third kappa shape index (κ3) is 34.5. The van der Waals surface area contributed by atoms with E-state index in [1.165, 1.54) is 19.3 Å².